The maximum atomic E-state index is 15.0. The predicted molar refractivity (Wildman–Crippen MR) is 134 cm³/mol. The summed E-state index contributed by atoms with van der Waals surface area (Å²) in [6.07, 6.45) is 1.65. The molecule has 1 heterocycles. The highest BCUT2D eigenvalue weighted by Gasteiger charge is 2.29. The van der Waals surface area contributed by atoms with E-state index in [0.29, 0.717) is 17.5 Å². The normalized spacial score (nSPS) is 12.6. The minimum atomic E-state index is -1.38. The van der Waals surface area contributed by atoms with Gasteiger partial charge in [0.2, 0.25) is 5.91 Å². The van der Waals surface area contributed by atoms with Crippen LogP contribution in [0.25, 0.3) is 11.1 Å². The average molecular weight is 513 g/mol. The second kappa shape index (κ2) is 11.8. The molecule has 2 amide bonds. The summed E-state index contributed by atoms with van der Waals surface area (Å²) in [6, 6.07) is 7.00. The molecule has 0 bridgehead atoms. The molecule has 0 radical (unpaired) electrons. The first-order chi connectivity index (χ1) is 17.5. The van der Waals surface area contributed by atoms with Crippen molar-refractivity contribution in [1.82, 2.24) is 20.4 Å². The van der Waals surface area contributed by atoms with Crippen LogP contribution in [0.5, 0.6) is 0 Å². The number of aliphatic carboxylic acids is 1. The molecule has 2 atom stereocenters. The number of carboxylic acid groups (broad SMARTS) is 1. The molecule has 8 nitrogen and oxygen atoms in total. The van der Waals surface area contributed by atoms with Crippen LogP contribution in [0.3, 0.4) is 0 Å². The molecule has 3 rings (SSSR count). The fourth-order valence-corrected chi connectivity index (χ4v) is 4.29. The minimum absolute atomic E-state index is 0.105. The zero-order valence-electron chi connectivity index (χ0n) is 21.1. The third-order valence-corrected chi connectivity index (χ3v) is 6.04. The van der Waals surface area contributed by atoms with E-state index in [1.54, 1.807) is 13.2 Å². The molecule has 10 heteroatoms. The fourth-order valence-electron chi connectivity index (χ4n) is 4.29. The molecule has 0 unspecified atom stereocenters. The molecule has 0 saturated heterocycles. The first-order valence-electron chi connectivity index (χ1n) is 11.9. The number of nitrogens with one attached hydrogen (secondary N) is 2. The van der Waals surface area contributed by atoms with Gasteiger partial charge in [0.25, 0.3) is 5.91 Å². The summed E-state index contributed by atoms with van der Waals surface area (Å²) >= 11 is 0. The number of amides is 2. The summed E-state index contributed by atoms with van der Waals surface area (Å²) in [4.78, 5) is 37.4. The molecule has 0 aliphatic heterocycles. The zero-order chi connectivity index (χ0) is 27.3. The summed E-state index contributed by atoms with van der Waals surface area (Å²) in [5, 5.41) is 18.6. The molecule has 1 aromatic heterocycles. The molecular formula is C27H30F2N4O4. The van der Waals surface area contributed by atoms with Crippen molar-refractivity contribution in [2.75, 3.05) is 0 Å². The number of halogens is 2. The quantitative estimate of drug-likeness (QED) is 0.377. The molecule has 0 saturated carbocycles. The zero-order valence-corrected chi connectivity index (χ0v) is 21.1. The van der Waals surface area contributed by atoms with Gasteiger partial charge in [0.05, 0.1) is 12.5 Å². The molecule has 196 valence electrons. The Morgan fingerprint density at radius 2 is 1.76 bits per heavy atom. The minimum Gasteiger partial charge on any atom is -0.481 e. The standard InChI is InChI=1S/C27H30F2N4O4/c1-5-7-20(30-27(37)21-10-11-33(4)32-21)26(36)31-22(14-23(34)35)18-12-17(13-19(28)25(18)29)24-15(2)8-6-9-16(24)3/h6,8-13,20,22H,5,7,14H2,1-4H3,(H,30,37)(H,31,36)(H,34,35)/t20-,22-/m0/s1. The van der Waals surface area contributed by atoms with Crippen LogP contribution in [0.15, 0.2) is 42.6 Å². The number of carbonyl (C=O) groups excluding carboxylic acids is 2. The van der Waals surface area contributed by atoms with Gasteiger partial charge in [0.1, 0.15) is 11.7 Å². The number of hydrogen-bond donors (Lipinski definition) is 3. The van der Waals surface area contributed by atoms with Gasteiger partial charge in [-0.15, -0.1) is 0 Å². The highest BCUT2D eigenvalue weighted by molar-refractivity contribution is 5.96. The van der Waals surface area contributed by atoms with Gasteiger partial charge in [-0.3, -0.25) is 19.1 Å². The number of rotatable bonds is 10. The largest absolute Gasteiger partial charge is 0.481 e. The molecule has 3 aromatic rings. The van der Waals surface area contributed by atoms with Crippen LogP contribution in [0, 0.1) is 25.5 Å². The van der Waals surface area contributed by atoms with Crippen molar-refractivity contribution in [1.29, 1.82) is 0 Å². The van der Waals surface area contributed by atoms with E-state index in [9.17, 15) is 23.9 Å². The molecule has 0 aliphatic rings. The topological polar surface area (TPSA) is 113 Å². The number of aryl methyl sites for hydroxylation is 3. The Hall–Kier alpha value is -4.08. The maximum Gasteiger partial charge on any atom is 0.305 e. The molecule has 0 aliphatic carbocycles. The second-order valence-electron chi connectivity index (χ2n) is 8.98. The molecule has 0 spiro atoms. The van der Waals surface area contributed by atoms with Gasteiger partial charge in [0.15, 0.2) is 11.6 Å². The Bertz CT molecular complexity index is 1300. The van der Waals surface area contributed by atoms with Crippen molar-refractivity contribution in [2.45, 2.75) is 52.1 Å². The van der Waals surface area contributed by atoms with E-state index in [1.807, 2.05) is 39.0 Å². The highest BCUT2D eigenvalue weighted by Crippen LogP contribution is 2.33. The smallest absolute Gasteiger partial charge is 0.305 e. The fraction of sp³-hybridized carbons (Fsp3) is 0.333. The highest BCUT2D eigenvalue weighted by atomic mass is 19.2. The van der Waals surface area contributed by atoms with Crippen LogP contribution in [0.4, 0.5) is 8.78 Å². The van der Waals surface area contributed by atoms with Gasteiger partial charge >= 0.3 is 5.97 Å². The van der Waals surface area contributed by atoms with Crippen molar-refractivity contribution in [3.05, 3.63) is 76.6 Å². The Morgan fingerprint density at radius 1 is 1.08 bits per heavy atom. The number of benzene rings is 2. The first kappa shape index (κ1) is 27.5. The van der Waals surface area contributed by atoms with E-state index in [2.05, 4.69) is 15.7 Å². The summed E-state index contributed by atoms with van der Waals surface area (Å²) in [7, 11) is 1.64. The number of carbonyl (C=O) groups is 3. The van der Waals surface area contributed by atoms with E-state index < -0.39 is 47.9 Å². The number of hydrogen-bond acceptors (Lipinski definition) is 4. The Morgan fingerprint density at radius 3 is 2.32 bits per heavy atom. The van der Waals surface area contributed by atoms with Gasteiger partial charge in [0, 0.05) is 18.8 Å². The Labute approximate surface area is 213 Å². The van der Waals surface area contributed by atoms with Crippen LogP contribution in [-0.4, -0.2) is 38.7 Å². The van der Waals surface area contributed by atoms with Crippen LogP contribution >= 0.6 is 0 Å². The van der Waals surface area contributed by atoms with Crippen molar-refractivity contribution in [3.63, 3.8) is 0 Å². The lowest BCUT2D eigenvalue weighted by Gasteiger charge is -2.24. The first-order valence-corrected chi connectivity index (χ1v) is 11.9. The molecular weight excluding hydrogens is 482 g/mol. The van der Waals surface area contributed by atoms with Gasteiger partial charge < -0.3 is 15.7 Å². The third kappa shape index (κ3) is 6.58. The summed E-state index contributed by atoms with van der Waals surface area (Å²) < 4.78 is 31.2. The van der Waals surface area contributed by atoms with Crippen molar-refractivity contribution in [3.8, 4) is 11.1 Å². The lowest BCUT2D eigenvalue weighted by molar-refractivity contribution is -0.137. The third-order valence-electron chi connectivity index (χ3n) is 6.04. The molecule has 37 heavy (non-hydrogen) atoms. The lowest BCUT2D eigenvalue weighted by atomic mass is 9.92. The lowest BCUT2D eigenvalue weighted by Crippen LogP contribution is -2.48. The number of carboxylic acids is 1. The van der Waals surface area contributed by atoms with Crippen molar-refractivity contribution < 1.29 is 28.3 Å². The Balaban J connectivity index is 1.96. The predicted octanol–water partition coefficient (Wildman–Crippen LogP) is 4.21. The molecule has 0 fully saturated rings. The van der Waals surface area contributed by atoms with Crippen molar-refractivity contribution in [2.24, 2.45) is 7.05 Å². The van der Waals surface area contributed by atoms with Gasteiger partial charge in [-0.25, -0.2) is 8.78 Å². The van der Waals surface area contributed by atoms with Gasteiger partial charge in [-0.2, -0.15) is 5.10 Å². The van der Waals surface area contributed by atoms with Gasteiger partial charge in [-0.05, 0) is 60.7 Å². The Kier molecular flexibility index (Phi) is 8.75. The summed E-state index contributed by atoms with van der Waals surface area (Å²) in [6.45, 7) is 5.48. The molecule has 2 aromatic carbocycles. The number of nitrogens with zero attached hydrogens (tertiary/aromatic N) is 2. The van der Waals surface area contributed by atoms with Crippen LogP contribution in [0.2, 0.25) is 0 Å². The monoisotopic (exact) mass is 512 g/mol. The van der Waals surface area contributed by atoms with Crippen LogP contribution < -0.4 is 10.6 Å². The maximum absolute atomic E-state index is 15.0. The van der Waals surface area contributed by atoms with Crippen LogP contribution in [-0.2, 0) is 16.6 Å². The SMILES string of the molecule is CCC[C@H](NC(=O)c1ccn(C)n1)C(=O)N[C@@H](CC(=O)O)c1cc(-c2c(C)cccc2C)cc(F)c1F. The second-order valence-corrected chi connectivity index (χ2v) is 8.98. The van der Waals surface area contributed by atoms with Gasteiger partial charge in [-0.1, -0.05) is 31.5 Å². The summed E-state index contributed by atoms with van der Waals surface area (Å²) in [5.74, 6) is -5.01. The molecule has 3 N–H and O–H groups in total. The number of aromatic nitrogens is 2. The average Bonchev–Trinajstić information content (AvgIpc) is 3.26. The van der Waals surface area contributed by atoms with Crippen molar-refractivity contribution >= 4 is 17.8 Å². The van der Waals surface area contributed by atoms with E-state index in [-0.39, 0.29) is 17.7 Å². The summed E-state index contributed by atoms with van der Waals surface area (Å²) in [5.41, 5.74) is 2.52. The van der Waals surface area contributed by atoms with E-state index >= 15 is 4.39 Å². The van der Waals surface area contributed by atoms with Crippen LogP contribution in [0.1, 0.15) is 59.4 Å². The van der Waals surface area contributed by atoms with E-state index in [1.165, 1.54) is 16.8 Å². The van der Waals surface area contributed by atoms with E-state index in [0.717, 1.165) is 17.2 Å². The van der Waals surface area contributed by atoms with E-state index in [4.69, 9.17) is 0 Å².